The first-order chi connectivity index (χ1) is 11.5. The van der Waals surface area contributed by atoms with E-state index in [1.807, 2.05) is 30.3 Å². The second-order valence-corrected chi connectivity index (χ2v) is 6.33. The van der Waals surface area contributed by atoms with Gasteiger partial charge in [-0.05, 0) is 25.3 Å². The van der Waals surface area contributed by atoms with Gasteiger partial charge in [-0.25, -0.2) is 0 Å². The van der Waals surface area contributed by atoms with Crippen LogP contribution in [0.15, 0.2) is 40.9 Å². The summed E-state index contributed by atoms with van der Waals surface area (Å²) >= 11 is 0. The molecule has 126 valence electrons. The number of nitrogens with zero attached hydrogens (tertiary/aromatic N) is 2. The fourth-order valence-electron chi connectivity index (χ4n) is 3.17. The van der Waals surface area contributed by atoms with Gasteiger partial charge in [0.05, 0.1) is 12.0 Å². The number of likely N-dealkylation sites (N-methyl/N-ethyl adjacent to an activating group) is 1. The first kappa shape index (κ1) is 16.2. The molecule has 24 heavy (non-hydrogen) atoms. The lowest BCUT2D eigenvalue weighted by Gasteiger charge is -2.43. The topological polar surface area (TPSA) is 75.4 Å². The summed E-state index contributed by atoms with van der Waals surface area (Å²) in [6.07, 6.45) is 2.67. The molecule has 0 unspecified atom stereocenters. The number of rotatable bonds is 5. The van der Waals surface area contributed by atoms with E-state index in [1.165, 1.54) is 4.90 Å². The fourth-order valence-corrected chi connectivity index (χ4v) is 3.17. The monoisotopic (exact) mass is 327 g/mol. The van der Waals surface area contributed by atoms with E-state index in [4.69, 9.17) is 4.52 Å². The largest absolute Gasteiger partial charge is 0.360 e. The first-order valence-electron chi connectivity index (χ1n) is 8.05. The van der Waals surface area contributed by atoms with E-state index >= 15 is 0 Å². The van der Waals surface area contributed by atoms with Gasteiger partial charge >= 0.3 is 0 Å². The lowest BCUT2D eigenvalue weighted by Crippen LogP contribution is -2.51. The number of carbonyl (C=O) groups is 2. The summed E-state index contributed by atoms with van der Waals surface area (Å²) in [5.74, 6) is 0.681. The van der Waals surface area contributed by atoms with Gasteiger partial charge in [0.1, 0.15) is 5.76 Å². The lowest BCUT2D eigenvalue weighted by molar-refractivity contribution is -0.141. The van der Waals surface area contributed by atoms with Crippen molar-refractivity contribution >= 4 is 17.6 Å². The minimum absolute atomic E-state index is 0.00793. The van der Waals surface area contributed by atoms with Crippen molar-refractivity contribution in [3.8, 4) is 0 Å². The highest BCUT2D eigenvalue weighted by atomic mass is 16.5. The molecular weight excluding hydrogens is 306 g/mol. The number of amides is 2. The number of nitrogens with one attached hydrogen (secondary N) is 1. The molecule has 6 heteroatoms. The molecule has 2 aromatic rings. The number of aromatic nitrogens is 1. The van der Waals surface area contributed by atoms with Gasteiger partial charge in [-0.2, -0.15) is 0 Å². The molecule has 1 fully saturated rings. The average molecular weight is 327 g/mol. The van der Waals surface area contributed by atoms with Crippen molar-refractivity contribution in [3.05, 3.63) is 47.7 Å². The van der Waals surface area contributed by atoms with Crippen LogP contribution in [-0.2, 0) is 15.0 Å². The fraction of sp³-hybridized carbons (Fsp3) is 0.389. The Balaban J connectivity index is 1.66. The summed E-state index contributed by atoms with van der Waals surface area (Å²) in [5.41, 5.74) is 0.543. The molecule has 0 aliphatic heterocycles. The predicted octanol–water partition coefficient (Wildman–Crippen LogP) is 2.50. The lowest BCUT2D eigenvalue weighted by atomic mass is 9.63. The van der Waals surface area contributed by atoms with Gasteiger partial charge in [0.15, 0.2) is 5.82 Å². The number of hydrogen-bond acceptors (Lipinski definition) is 4. The van der Waals surface area contributed by atoms with Gasteiger partial charge in [-0.1, -0.05) is 41.9 Å². The van der Waals surface area contributed by atoms with Crippen LogP contribution in [0.25, 0.3) is 0 Å². The van der Waals surface area contributed by atoms with E-state index in [0.29, 0.717) is 11.6 Å². The Labute approximate surface area is 140 Å². The Morgan fingerprint density at radius 1 is 1.29 bits per heavy atom. The number of benzene rings is 1. The molecule has 0 spiro atoms. The number of anilines is 1. The molecule has 6 nitrogen and oxygen atoms in total. The number of hydrogen-bond donors (Lipinski definition) is 1. The Morgan fingerprint density at radius 2 is 2.00 bits per heavy atom. The third kappa shape index (κ3) is 3.04. The van der Waals surface area contributed by atoms with Crippen LogP contribution in [0.3, 0.4) is 0 Å². The molecule has 1 aliphatic rings. The second kappa shape index (κ2) is 6.47. The standard InChI is InChI=1S/C18H21N3O3/c1-13-11-15(20-24-13)19-16(22)12-21(2)17(23)18(9-6-10-18)14-7-4-3-5-8-14/h3-5,7-8,11H,6,9-10,12H2,1-2H3,(H,19,20,22). The molecule has 1 aromatic carbocycles. The Kier molecular flexibility index (Phi) is 4.38. The molecule has 3 rings (SSSR count). The molecule has 0 bridgehead atoms. The van der Waals surface area contributed by atoms with Crippen LogP contribution in [0.4, 0.5) is 5.82 Å². The zero-order chi connectivity index (χ0) is 17.2. The minimum atomic E-state index is -0.485. The normalized spacial score (nSPS) is 15.4. The molecule has 1 aromatic heterocycles. The van der Waals surface area contributed by atoms with Gasteiger partial charge in [-0.15, -0.1) is 0 Å². The zero-order valence-electron chi connectivity index (χ0n) is 13.9. The Morgan fingerprint density at radius 3 is 2.54 bits per heavy atom. The highest BCUT2D eigenvalue weighted by Gasteiger charge is 2.47. The van der Waals surface area contributed by atoms with Gasteiger partial charge in [-0.3, -0.25) is 9.59 Å². The van der Waals surface area contributed by atoms with Crippen LogP contribution in [-0.4, -0.2) is 35.5 Å². The molecule has 1 N–H and O–H groups in total. The molecule has 0 saturated heterocycles. The van der Waals surface area contributed by atoms with Crippen molar-refractivity contribution in [3.63, 3.8) is 0 Å². The SMILES string of the molecule is Cc1cc(NC(=O)CN(C)C(=O)C2(c3ccccc3)CCC2)no1. The first-order valence-corrected chi connectivity index (χ1v) is 8.05. The van der Waals surface area contributed by atoms with Gasteiger partial charge in [0, 0.05) is 13.1 Å². The molecular formula is C18H21N3O3. The Hall–Kier alpha value is -2.63. The van der Waals surface area contributed by atoms with Crippen molar-refractivity contribution in [2.24, 2.45) is 0 Å². The Bertz CT molecular complexity index is 735. The maximum absolute atomic E-state index is 13.0. The van der Waals surface area contributed by atoms with Crippen LogP contribution >= 0.6 is 0 Å². The van der Waals surface area contributed by atoms with Crippen LogP contribution in [0, 0.1) is 6.92 Å². The van der Waals surface area contributed by atoms with E-state index in [9.17, 15) is 9.59 Å². The molecule has 1 aliphatic carbocycles. The average Bonchev–Trinajstić information content (AvgIpc) is 2.92. The van der Waals surface area contributed by atoms with Crippen LogP contribution in [0.2, 0.25) is 0 Å². The number of carbonyl (C=O) groups excluding carboxylic acids is 2. The van der Waals surface area contributed by atoms with Crippen molar-refractivity contribution < 1.29 is 14.1 Å². The quantitative estimate of drug-likeness (QED) is 0.915. The summed E-state index contributed by atoms with van der Waals surface area (Å²) in [6, 6.07) is 11.4. The van der Waals surface area contributed by atoms with Crippen molar-refractivity contribution in [2.75, 3.05) is 18.9 Å². The van der Waals surface area contributed by atoms with E-state index in [-0.39, 0.29) is 18.4 Å². The predicted molar refractivity (Wildman–Crippen MR) is 89.5 cm³/mol. The maximum atomic E-state index is 13.0. The zero-order valence-corrected chi connectivity index (χ0v) is 13.9. The highest BCUT2D eigenvalue weighted by Crippen LogP contribution is 2.44. The van der Waals surface area contributed by atoms with Crippen molar-refractivity contribution in [1.82, 2.24) is 10.1 Å². The summed E-state index contributed by atoms with van der Waals surface area (Å²) < 4.78 is 4.91. The summed E-state index contributed by atoms with van der Waals surface area (Å²) in [5, 5.41) is 6.36. The second-order valence-electron chi connectivity index (χ2n) is 6.33. The van der Waals surface area contributed by atoms with Crippen LogP contribution < -0.4 is 5.32 Å². The van der Waals surface area contributed by atoms with E-state index in [0.717, 1.165) is 24.8 Å². The summed E-state index contributed by atoms with van der Waals surface area (Å²) in [7, 11) is 1.67. The van der Waals surface area contributed by atoms with Gasteiger partial charge < -0.3 is 14.7 Å². The third-order valence-electron chi connectivity index (χ3n) is 4.57. The summed E-state index contributed by atoms with van der Waals surface area (Å²) in [4.78, 5) is 26.6. The molecule has 2 amide bonds. The number of aryl methyl sites for hydroxylation is 1. The van der Waals surface area contributed by atoms with Crippen LogP contribution in [0.5, 0.6) is 0 Å². The molecule has 0 radical (unpaired) electrons. The van der Waals surface area contributed by atoms with E-state index < -0.39 is 5.41 Å². The summed E-state index contributed by atoms with van der Waals surface area (Å²) in [6.45, 7) is 1.73. The highest BCUT2D eigenvalue weighted by molar-refractivity contribution is 5.96. The molecule has 1 saturated carbocycles. The van der Waals surface area contributed by atoms with Crippen LogP contribution in [0.1, 0.15) is 30.6 Å². The van der Waals surface area contributed by atoms with Gasteiger partial charge in [0.25, 0.3) is 0 Å². The molecule has 0 atom stereocenters. The van der Waals surface area contributed by atoms with E-state index in [2.05, 4.69) is 10.5 Å². The van der Waals surface area contributed by atoms with Gasteiger partial charge in [0.2, 0.25) is 11.8 Å². The van der Waals surface area contributed by atoms with Crippen molar-refractivity contribution in [1.29, 1.82) is 0 Å². The maximum Gasteiger partial charge on any atom is 0.245 e. The van der Waals surface area contributed by atoms with Crippen molar-refractivity contribution in [2.45, 2.75) is 31.6 Å². The third-order valence-corrected chi connectivity index (χ3v) is 4.57. The van der Waals surface area contributed by atoms with E-state index in [1.54, 1.807) is 20.0 Å². The minimum Gasteiger partial charge on any atom is -0.360 e. The molecule has 1 heterocycles. The smallest absolute Gasteiger partial charge is 0.245 e.